The molecule has 0 fully saturated rings. The summed E-state index contributed by atoms with van der Waals surface area (Å²) in [6.07, 6.45) is 0.848. The lowest BCUT2D eigenvalue weighted by atomic mass is 10.1. The number of H-pyrrole nitrogens is 1. The number of aryl methyl sites for hydroxylation is 2. The maximum atomic E-state index is 11.8. The van der Waals surface area contributed by atoms with Gasteiger partial charge in [0.15, 0.2) is 5.43 Å². The molecule has 0 radical (unpaired) electrons. The van der Waals surface area contributed by atoms with Gasteiger partial charge in [-0.2, -0.15) is 0 Å². The van der Waals surface area contributed by atoms with E-state index in [9.17, 15) is 4.79 Å². The summed E-state index contributed by atoms with van der Waals surface area (Å²) in [4.78, 5) is 15.1. The van der Waals surface area contributed by atoms with Gasteiger partial charge in [0.25, 0.3) is 0 Å². The number of hydrogen-bond donors (Lipinski definition) is 1. The minimum absolute atomic E-state index is 0.0880. The van der Waals surface area contributed by atoms with Gasteiger partial charge in [0.2, 0.25) is 0 Å². The summed E-state index contributed by atoms with van der Waals surface area (Å²) in [7, 11) is 0. The van der Waals surface area contributed by atoms with Crippen molar-refractivity contribution >= 4 is 26.8 Å². The quantitative estimate of drug-likeness (QED) is 0.844. The zero-order valence-corrected chi connectivity index (χ0v) is 10.3. The van der Waals surface area contributed by atoms with Gasteiger partial charge in [-0.1, -0.05) is 22.9 Å². The third-order valence-electron chi connectivity index (χ3n) is 2.54. The van der Waals surface area contributed by atoms with Gasteiger partial charge in [-0.25, -0.2) is 0 Å². The number of hydrogen-bond acceptors (Lipinski definition) is 1. The summed E-state index contributed by atoms with van der Waals surface area (Å²) in [5, 5.41) is 0.749. The van der Waals surface area contributed by atoms with Crippen LogP contribution in [0.5, 0.6) is 0 Å². The normalized spacial score (nSPS) is 10.9. The van der Waals surface area contributed by atoms with Crippen molar-refractivity contribution in [1.29, 1.82) is 0 Å². The predicted octanol–water partition coefficient (Wildman–Crippen LogP) is 3.16. The Kier molecular flexibility index (Phi) is 2.65. The van der Waals surface area contributed by atoms with E-state index in [-0.39, 0.29) is 5.43 Å². The number of pyridine rings is 1. The van der Waals surface area contributed by atoms with Gasteiger partial charge in [0, 0.05) is 21.6 Å². The minimum Gasteiger partial charge on any atom is -0.358 e. The monoisotopic (exact) mass is 265 g/mol. The van der Waals surface area contributed by atoms with Crippen molar-refractivity contribution < 1.29 is 0 Å². The number of aromatic amines is 1. The van der Waals surface area contributed by atoms with Crippen LogP contribution in [0.15, 0.2) is 27.5 Å². The largest absolute Gasteiger partial charge is 0.358 e. The van der Waals surface area contributed by atoms with Crippen molar-refractivity contribution in [3.63, 3.8) is 0 Å². The second-order valence-electron chi connectivity index (χ2n) is 3.66. The number of aromatic nitrogens is 1. The van der Waals surface area contributed by atoms with Crippen LogP contribution in [0.25, 0.3) is 10.9 Å². The number of halogens is 1. The van der Waals surface area contributed by atoms with Crippen LogP contribution in [0, 0.1) is 6.92 Å². The van der Waals surface area contributed by atoms with E-state index >= 15 is 0 Å². The third kappa shape index (κ3) is 1.84. The molecule has 2 aromatic rings. The topological polar surface area (TPSA) is 32.9 Å². The molecule has 0 saturated heterocycles. The molecule has 1 N–H and O–H groups in total. The molecule has 0 aliphatic heterocycles. The van der Waals surface area contributed by atoms with E-state index in [0.29, 0.717) is 0 Å². The average Bonchev–Trinajstić information content (AvgIpc) is 2.19. The Morgan fingerprint density at radius 3 is 2.73 bits per heavy atom. The molecule has 0 amide bonds. The molecule has 0 aliphatic rings. The maximum absolute atomic E-state index is 11.8. The summed E-state index contributed by atoms with van der Waals surface area (Å²) in [6, 6.07) is 5.55. The van der Waals surface area contributed by atoms with Crippen LogP contribution in [-0.4, -0.2) is 4.98 Å². The van der Waals surface area contributed by atoms with Crippen molar-refractivity contribution in [3.8, 4) is 0 Å². The maximum Gasteiger partial charge on any atom is 0.189 e. The smallest absolute Gasteiger partial charge is 0.189 e. The zero-order chi connectivity index (χ0) is 11.0. The van der Waals surface area contributed by atoms with Gasteiger partial charge >= 0.3 is 0 Å². The van der Waals surface area contributed by atoms with Crippen LogP contribution in [0.2, 0.25) is 0 Å². The Morgan fingerprint density at radius 1 is 1.33 bits per heavy atom. The molecule has 0 aliphatic carbocycles. The fourth-order valence-corrected chi connectivity index (χ4v) is 2.30. The molecule has 2 nitrogen and oxygen atoms in total. The Balaban J connectivity index is 2.91. The molecule has 0 atom stereocenters. The van der Waals surface area contributed by atoms with Crippen molar-refractivity contribution in [2.45, 2.75) is 20.3 Å². The molecule has 0 unspecified atom stereocenters. The molecule has 15 heavy (non-hydrogen) atoms. The number of nitrogens with one attached hydrogen (secondary N) is 1. The molecule has 0 bridgehead atoms. The molecule has 2 rings (SSSR count). The first-order chi connectivity index (χ1) is 7.11. The summed E-state index contributed by atoms with van der Waals surface area (Å²) in [5.41, 5.74) is 3.11. The molecule has 1 heterocycles. The van der Waals surface area contributed by atoms with Gasteiger partial charge in [0.1, 0.15) is 0 Å². The Labute approximate surface area is 96.5 Å². The molecule has 1 aromatic carbocycles. The fraction of sp³-hybridized carbons (Fsp3) is 0.250. The van der Waals surface area contributed by atoms with Crippen molar-refractivity contribution in [2.75, 3.05) is 0 Å². The van der Waals surface area contributed by atoms with Crippen LogP contribution in [0.3, 0.4) is 0 Å². The van der Waals surface area contributed by atoms with E-state index in [2.05, 4.69) is 20.9 Å². The summed E-state index contributed by atoms with van der Waals surface area (Å²) in [5.74, 6) is 0. The van der Waals surface area contributed by atoms with Crippen LogP contribution in [0.1, 0.15) is 18.2 Å². The van der Waals surface area contributed by atoms with E-state index in [1.807, 2.05) is 26.0 Å². The van der Waals surface area contributed by atoms with Crippen LogP contribution >= 0.6 is 15.9 Å². The summed E-state index contributed by atoms with van der Waals surface area (Å²) in [6.45, 7) is 4.04. The lowest BCUT2D eigenvalue weighted by Crippen LogP contribution is -2.05. The van der Waals surface area contributed by atoms with Crippen molar-refractivity contribution in [3.05, 3.63) is 44.2 Å². The fourth-order valence-electron chi connectivity index (χ4n) is 1.73. The highest BCUT2D eigenvalue weighted by Crippen LogP contribution is 2.20. The number of fused-ring (bicyclic) bond motifs is 1. The second kappa shape index (κ2) is 3.81. The average molecular weight is 266 g/mol. The van der Waals surface area contributed by atoms with E-state index in [1.54, 1.807) is 6.07 Å². The molecular weight excluding hydrogens is 254 g/mol. The summed E-state index contributed by atoms with van der Waals surface area (Å²) < 4.78 is 0.947. The van der Waals surface area contributed by atoms with E-state index in [4.69, 9.17) is 0 Å². The van der Waals surface area contributed by atoms with Gasteiger partial charge in [-0.05, 0) is 31.0 Å². The number of rotatable bonds is 1. The lowest BCUT2D eigenvalue weighted by molar-refractivity contribution is 1.05. The zero-order valence-electron chi connectivity index (χ0n) is 8.73. The van der Waals surface area contributed by atoms with Crippen LogP contribution in [0.4, 0.5) is 0 Å². The van der Waals surface area contributed by atoms with Gasteiger partial charge in [0.05, 0.1) is 5.52 Å². The molecule has 0 saturated carbocycles. The first kappa shape index (κ1) is 10.4. The first-order valence-electron chi connectivity index (χ1n) is 4.94. The van der Waals surface area contributed by atoms with E-state index in [1.165, 1.54) is 0 Å². The van der Waals surface area contributed by atoms with Gasteiger partial charge in [-0.3, -0.25) is 4.79 Å². The molecule has 1 aromatic heterocycles. The van der Waals surface area contributed by atoms with Crippen LogP contribution in [-0.2, 0) is 6.42 Å². The van der Waals surface area contributed by atoms with E-state index in [0.717, 1.165) is 33.1 Å². The molecule has 0 spiro atoms. The second-order valence-corrected chi connectivity index (χ2v) is 4.57. The standard InChI is InChI=1S/C12H12BrNO/c1-3-9-6-11(15)10-5-8(13)4-7(2)12(10)14-9/h4-6H,3H2,1-2H3,(H,14,15). The minimum atomic E-state index is 0.0880. The van der Waals surface area contributed by atoms with Crippen molar-refractivity contribution in [1.82, 2.24) is 4.98 Å². The highest BCUT2D eigenvalue weighted by atomic mass is 79.9. The highest BCUT2D eigenvalue weighted by Gasteiger charge is 2.04. The van der Waals surface area contributed by atoms with Crippen LogP contribution < -0.4 is 5.43 Å². The van der Waals surface area contributed by atoms with Crippen molar-refractivity contribution in [2.24, 2.45) is 0 Å². The van der Waals surface area contributed by atoms with Gasteiger partial charge in [-0.15, -0.1) is 0 Å². The first-order valence-corrected chi connectivity index (χ1v) is 5.73. The predicted molar refractivity (Wildman–Crippen MR) is 66.4 cm³/mol. The lowest BCUT2D eigenvalue weighted by Gasteiger charge is -2.05. The van der Waals surface area contributed by atoms with Gasteiger partial charge < -0.3 is 4.98 Å². The SMILES string of the molecule is CCc1cc(=O)c2cc(Br)cc(C)c2[nH]1. The Morgan fingerprint density at radius 2 is 2.07 bits per heavy atom. The number of benzene rings is 1. The van der Waals surface area contributed by atoms with E-state index < -0.39 is 0 Å². The Bertz CT molecular complexity index is 572. The Hall–Kier alpha value is -1.09. The third-order valence-corrected chi connectivity index (χ3v) is 3.00. The molecule has 3 heteroatoms. The molecular formula is C12H12BrNO. The summed E-state index contributed by atoms with van der Waals surface area (Å²) >= 11 is 3.40. The highest BCUT2D eigenvalue weighted by molar-refractivity contribution is 9.10. The molecule has 78 valence electrons.